The van der Waals surface area contributed by atoms with Gasteiger partial charge in [-0.3, -0.25) is 0 Å². The molecular formula is C13H18O3. The molecule has 1 aliphatic heterocycles. The number of ether oxygens (including phenoxy) is 2. The van der Waals surface area contributed by atoms with Crippen LogP contribution < -0.4 is 0 Å². The third-order valence-electron chi connectivity index (χ3n) is 2.80. The molecule has 1 heterocycles. The van der Waals surface area contributed by atoms with E-state index in [0.717, 1.165) is 25.0 Å². The molecular weight excluding hydrogens is 204 g/mol. The van der Waals surface area contributed by atoms with E-state index in [1.807, 2.05) is 30.3 Å². The van der Waals surface area contributed by atoms with E-state index in [0.29, 0.717) is 13.2 Å². The van der Waals surface area contributed by atoms with Crippen molar-refractivity contribution in [2.75, 3.05) is 13.2 Å². The first-order valence-electron chi connectivity index (χ1n) is 5.77. The third-order valence-corrected chi connectivity index (χ3v) is 2.80. The zero-order chi connectivity index (χ0) is 11.2. The first kappa shape index (κ1) is 11.6. The Labute approximate surface area is 96.0 Å². The van der Waals surface area contributed by atoms with Crippen LogP contribution in [0, 0.1) is 0 Å². The number of aliphatic hydroxyl groups excluding tert-OH is 1. The van der Waals surface area contributed by atoms with Gasteiger partial charge >= 0.3 is 0 Å². The monoisotopic (exact) mass is 222 g/mol. The highest BCUT2D eigenvalue weighted by atomic mass is 16.5. The van der Waals surface area contributed by atoms with Crippen molar-refractivity contribution in [3.63, 3.8) is 0 Å². The van der Waals surface area contributed by atoms with Crippen LogP contribution in [-0.2, 0) is 16.1 Å². The molecule has 1 aliphatic rings. The predicted octanol–water partition coefficient (Wildman–Crippen LogP) is 1.74. The maximum Gasteiger partial charge on any atom is 0.107 e. The fourth-order valence-electron chi connectivity index (χ4n) is 1.85. The summed E-state index contributed by atoms with van der Waals surface area (Å²) in [5.41, 5.74) is 1.15. The van der Waals surface area contributed by atoms with Crippen LogP contribution in [0.5, 0.6) is 0 Å². The van der Waals surface area contributed by atoms with Crippen LogP contribution in [0.15, 0.2) is 30.3 Å². The van der Waals surface area contributed by atoms with Crippen LogP contribution in [0.1, 0.15) is 18.4 Å². The topological polar surface area (TPSA) is 38.7 Å². The summed E-state index contributed by atoms with van der Waals surface area (Å²) < 4.78 is 11.0. The molecule has 2 atom stereocenters. The summed E-state index contributed by atoms with van der Waals surface area (Å²) in [5, 5.41) is 9.66. The second-order valence-electron chi connectivity index (χ2n) is 4.12. The Morgan fingerprint density at radius 3 is 2.88 bits per heavy atom. The number of aliphatic hydroxyl groups is 1. The molecule has 0 aliphatic carbocycles. The maximum atomic E-state index is 9.66. The van der Waals surface area contributed by atoms with Gasteiger partial charge in [-0.15, -0.1) is 0 Å². The normalized spacial score (nSPS) is 25.6. The fourth-order valence-corrected chi connectivity index (χ4v) is 1.85. The van der Waals surface area contributed by atoms with Gasteiger partial charge in [-0.05, 0) is 18.4 Å². The quantitative estimate of drug-likeness (QED) is 0.843. The van der Waals surface area contributed by atoms with Crippen molar-refractivity contribution in [1.29, 1.82) is 0 Å². The lowest BCUT2D eigenvalue weighted by Crippen LogP contribution is -2.37. The van der Waals surface area contributed by atoms with Crippen LogP contribution in [0.25, 0.3) is 0 Å². The number of rotatable bonds is 4. The smallest absolute Gasteiger partial charge is 0.107 e. The molecule has 0 bridgehead atoms. The van der Waals surface area contributed by atoms with Gasteiger partial charge in [0.25, 0.3) is 0 Å². The largest absolute Gasteiger partial charge is 0.390 e. The number of benzene rings is 1. The van der Waals surface area contributed by atoms with Crippen molar-refractivity contribution >= 4 is 0 Å². The minimum atomic E-state index is -0.371. The van der Waals surface area contributed by atoms with Crippen LogP contribution in [0.4, 0.5) is 0 Å². The van der Waals surface area contributed by atoms with Crippen molar-refractivity contribution in [1.82, 2.24) is 0 Å². The molecule has 0 radical (unpaired) electrons. The average molecular weight is 222 g/mol. The summed E-state index contributed by atoms with van der Waals surface area (Å²) in [6.45, 7) is 1.78. The lowest BCUT2D eigenvalue weighted by atomic mass is 10.1. The van der Waals surface area contributed by atoms with E-state index in [1.165, 1.54) is 0 Å². The maximum absolute atomic E-state index is 9.66. The Kier molecular flexibility index (Phi) is 4.34. The van der Waals surface area contributed by atoms with Gasteiger partial charge < -0.3 is 14.6 Å². The molecule has 1 aromatic carbocycles. The van der Waals surface area contributed by atoms with Crippen LogP contribution in [0.2, 0.25) is 0 Å². The van der Waals surface area contributed by atoms with Gasteiger partial charge in [-0.2, -0.15) is 0 Å². The molecule has 1 fully saturated rings. The Morgan fingerprint density at radius 2 is 2.12 bits per heavy atom. The summed E-state index contributed by atoms with van der Waals surface area (Å²) in [5.74, 6) is 0. The van der Waals surface area contributed by atoms with Gasteiger partial charge in [0.2, 0.25) is 0 Å². The first-order valence-corrected chi connectivity index (χ1v) is 5.77. The summed E-state index contributed by atoms with van der Waals surface area (Å²) in [4.78, 5) is 0. The standard InChI is InChI=1S/C13H18O3/c14-12-7-4-8-16-13(12)10-15-9-11-5-2-1-3-6-11/h1-3,5-6,12-14H,4,7-10H2/t12-,13-/m0/s1. The van der Waals surface area contributed by atoms with E-state index in [2.05, 4.69) is 0 Å². The molecule has 0 saturated carbocycles. The van der Waals surface area contributed by atoms with E-state index < -0.39 is 0 Å². The first-order chi connectivity index (χ1) is 7.86. The predicted molar refractivity (Wildman–Crippen MR) is 61.1 cm³/mol. The number of hydrogen-bond donors (Lipinski definition) is 1. The Hall–Kier alpha value is -0.900. The third kappa shape index (κ3) is 3.30. The average Bonchev–Trinajstić information content (AvgIpc) is 2.33. The van der Waals surface area contributed by atoms with E-state index >= 15 is 0 Å². The van der Waals surface area contributed by atoms with Crippen molar-refractivity contribution in [3.05, 3.63) is 35.9 Å². The minimum Gasteiger partial charge on any atom is -0.390 e. The highest BCUT2D eigenvalue weighted by Gasteiger charge is 2.23. The zero-order valence-electron chi connectivity index (χ0n) is 9.34. The summed E-state index contributed by atoms with van der Waals surface area (Å²) >= 11 is 0. The van der Waals surface area contributed by atoms with E-state index in [4.69, 9.17) is 9.47 Å². The molecule has 1 aromatic rings. The Morgan fingerprint density at radius 1 is 1.31 bits per heavy atom. The van der Waals surface area contributed by atoms with Crippen LogP contribution in [-0.4, -0.2) is 30.5 Å². The van der Waals surface area contributed by atoms with Crippen molar-refractivity contribution in [3.8, 4) is 0 Å². The second-order valence-corrected chi connectivity index (χ2v) is 4.12. The zero-order valence-corrected chi connectivity index (χ0v) is 9.34. The summed E-state index contributed by atoms with van der Waals surface area (Å²) in [6.07, 6.45) is 1.23. The highest BCUT2D eigenvalue weighted by Crippen LogP contribution is 2.14. The molecule has 3 heteroatoms. The molecule has 3 nitrogen and oxygen atoms in total. The van der Waals surface area contributed by atoms with Gasteiger partial charge in [-0.25, -0.2) is 0 Å². The minimum absolute atomic E-state index is 0.155. The number of hydrogen-bond acceptors (Lipinski definition) is 3. The molecule has 0 unspecified atom stereocenters. The highest BCUT2D eigenvalue weighted by molar-refractivity contribution is 5.13. The SMILES string of the molecule is O[C@H]1CCCO[C@H]1COCc1ccccc1. The van der Waals surface area contributed by atoms with Crippen molar-refractivity contribution in [2.45, 2.75) is 31.7 Å². The van der Waals surface area contributed by atoms with Gasteiger partial charge in [0.1, 0.15) is 6.10 Å². The van der Waals surface area contributed by atoms with Gasteiger partial charge in [0, 0.05) is 6.61 Å². The van der Waals surface area contributed by atoms with E-state index in [9.17, 15) is 5.11 Å². The lowest BCUT2D eigenvalue weighted by Gasteiger charge is -2.27. The van der Waals surface area contributed by atoms with Gasteiger partial charge in [0.05, 0.1) is 19.3 Å². The second kappa shape index (κ2) is 5.99. The van der Waals surface area contributed by atoms with Crippen molar-refractivity contribution < 1.29 is 14.6 Å². The van der Waals surface area contributed by atoms with Crippen molar-refractivity contribution in [2.24, 2.45) is 0 Å². The molecule has 16 heavy (non-hydrogen) atoms. The van der Waals surface area contributed by atoms with E-state index in [1.54, 1.807) is 0 Å². The van der Waals surface area contributed by atoms with Gasteiger partial charge in [-0.1, -0.05) is 30.3 Å². The molecule has 1 saturated heterocycles. The van der Waals surface area contributed by atoms with Crippen LogP contribution in [0.3, 0.4) is 0 Å². The summed E-state index contributed by atoms with van der Waals surface area (Å²) in [7, 11) is 0. The van der Waals surface area contributed by atoms with Gasteiger partial charge in [0.15, 0.2) is 0 Å². The van der Waals surface area contributed by atoms with Crippen LogP contribution >= 0.6 is 0 Å². The molecule has 0 spiro atoms. The molecule has 1 N–H and O–H groups in total. The van der Waals surface area contributed by atoms with E-state index in [-0.39, 0.29) is 12.2 Å². The lowest BCUT2D eigenvalue weighted by molar-refractivity contribution is -0.109. The molecule has 0 aromatic heterocycles. The molecule has 2 rings (SSSR count). The summed E-state index contributed by atoms with van der Waals surface area (Å²) in [6, 6.07) is 10.0. The Balaban J connectivity index is 1.71. The fraction of sp³-hybridized carbons (Fsp3) is 0.538. The molecule has 88 valence electrons. The molecule has 0 amide bonds. The Bertz CT molecular complexity index is 299.